The van der Waals surface area contributed by atoms with E-state index in [9.17, 15) is 4.79 Å². The smallest absolute Gasteiger partial charge is 0.251 e. The van der Waals surface area contributed by atoms with Crippen LogP contribution in [0.2, 0.25) is 0 Å². The molecule has 4 aliphatic rings. The zero-order valence-electron chi connectivity index (χ0n) is 15.7. The fourth-order valence-corrected chi connectivity index (χ4v) is 6.22. The summed E-state index contributed by atoms with van der Waals surface area (Å²) in [7, 11) is 0. The summed E-state index contributed by atoms with van der Waals surface area (Å²) in [6, 6.07) is 7.15. The Bertz CT molecular complexity index is 595. The predicted octanol–water partition coefficient (Wildman–Crippen LogP) is 3.71. The van der Waals surface area contributed by atoms with Gasteiger partial charge in [-0.1, -0.05) is 6.92 Å². The lowest BCUT2D eigenvalue weighted by Crippen LogP contribution is -2.60. The highest BCUT2D eigenvalue weighted by Crippen LogP contribution is 2.57. The van der Waals surface area contributed by atoms with Crippen molar-refractivity contribution in [3.63, 3.8) is 0 Å². The molecular formula is C21H32ClN3O. The number of nitrogens with one attached hydrogen (secondary N) is 1. The summed E-state index contributed by atoms with van der Waals surface area (Å²) < 4.78 is 0. The molecule has 4 fully saturated rings. The van der Waals surface area contributed by atoms with Crippen LogP contribution in [0.25, 0.3) is 0 Å². The molecule has 5 rings (SSSR count). The van der Waals surface area contributed by atoms with Gasteiger partial charge in [-0.15, -0.1) is 12.4 Å². The van der Waals surface area contributed by atoms with Gasteiger partial charge >= 0.3 is 0 Å². The van der Waals surface area contributed by atoms with Gasteiger partial charge in [0.15, 0.2) is 0 Å². The fraction of sp³-hybridized carbons (Fsp3) is 0.667. The van der Waals surface area contributed by atoms with Crippen molar-refractivity contribution in [1.29, 1.82) is 0 Å². The highest BCUT2D eigenvalue weighted by atomic mass is 35.5. The molecular weight excluding hydrogens is 346 g/mol. The van der Waals surface area contributed by atoms with Crippen LogP contribution in [0.1, 0.15) is 55.8 Å². The standard InChI is InChI=1S/C21H31N3O.ClH/c1-2-24(8-7-23-20(25)18-3-5-19(22)6-4-18)21-12-15-9-16(13-21)11-17(10-15)14-21;/h3-6,15-17H,2,7-14,22H2,1H3,(H,23,25);1H. The number of anilines is 1. The number of benzene rings is 1. The van der Waals surface area contributed by atoms with Gasteiger partial charge < -0.3 is 11.1 Å². The largest absolute Gasteiger partial charge is 0.399 e. The number of amides is 1. The molecule has 4 bridgehead atoms. The molecule has 0 radical (unpaired) electrons. The van der Waals surface area contributed by atoms with Crippen LogP contribution in [0.3, 0.4) is 0 Å². The molecule has 1 amide bonds. The summed E-state index contributed by atoms with van der Waals surface area (Å²) in [6.45, 7) is 5.05. The summed E-state index contributed by atoms with van der Waals surface area (Å²) in [5, 5.41) is 3.09. The fourth-order valence-electron chi connectivity index (χ4n) is 6.22. The lowest BCUT2D eigenvalue weighted by molar-refractivity contribution is -0.0863. The third kappa shape index (κ3) is 3.72. The predicted molar refractivity (Wildman–Crippen MR) is 109 cm³/mol. The van der Waals surface area contributed by atoms with E-state index in [1.54, 1.807) is 24.3 Å². The third-order valence-electron chi connectivity index (χ3n) is 6.90. The van der Waals surface area contributed by atoms with Gasteiger partial charge in [0.1, 0.15) is 0 Å². The second kappa shape index (κ2) is 7.77. The van der Waals surface area contributed by atoms with Crippen LogP contribution in [-0.2, 0) is 0 Å². The Kier molecular flexibility index (Phi) is 5.83. The van der Waals surface area contributed by atoms with E-state index in [1.807, 2.05) is 0 Å². The Morgan fingerprint density at radius 1 is 1.12 bits per heavy atom. The van der Waals surface area contributed by atoms with E-state index < -0.39 is 0 Å². The van der Waals surface area contributed by atoms with E-state index >= 15 is 0 Å². The molecule has 4 aliphatic carbocycles. The molecule has 4 saturated carbocycles. The molecule has 3 N–H and O–H groups in total. The van der Waals surface area contributed by atoms with Crippen LogP contribution in [0.4, 0.5) is 5.69 Å². The number of nitrogen functional groups attached to an aromatic ring is 1. The lowest BCUT2D eigenvalue weighted by Gasteiger charge is -2.60. The summed E-state index contributed by atoms with van der Waals surface area (Å²) in [5.74, 6) is 2.89. The third-order valence-corrected chi connectivity index (χ3v) is 6.90. The molecule has 5 heteroatoms. The number of nitrogens with zero attached hydrogens (tertiary/aromatic N) is 1. The zero-order chi connectivity index (χ0) is 17.4. The maximum atomic E-state index is 12.3. The molecule has 0 unspecified atom stereocenters. The van der Waals surface area contributed by atoms with Gasteiger partial charge in [0.25, 0.3) is 5.91 Å². The highest BCUT2D eigenvalue weighted by Gasteiger charge is 2.52. The van der Waals surface area contributed by atoms with Gasteiger partial charge in [-0.3, -0.25) is 9.69 Å². The maximum Gasteiger partial charge on any atom is 0.251 e. The van der Waals surface area contributed by atoms with Crippen molar-refractivity contribution in [2.45, 2.75) is 51.0 Å². The van der Waals surface area contributed by atoms with Gasteiger partial charge in [0, 0.05) is 29.9 Å². The minimum Gasteiger partial charge on any atom is -0.399 e. The number of carbonyl (C=O) groups excluding carboxylic acids is 1. The van der Waals surface area contributed by atoms with Crippen LogP contribution in [0, 0.1) is 17.8 Å². The van der Waals surface area contributed by atoms with Crippen molar-refractivity contribution in [2.75, 3.05) is 25.4 Å². The Morgan fingerprint density at radius 3 is 2.15 bits per heavy atom. The average molecular weight is 378 g/mol. The number of hydrogen-bond acceptors (Lipinski definition) is 3. The first-order valence-electron chi connectivity index (χ1n) is 9.97. The van der Waals surface area contributed by atoms with Gasteiger partial charge in [0.2, 0.25) is 0 Å². The molecule has 4 nitrogen and oxygen atoms in total. The Balaban J connectivity index is 0.00000196. The number of halogens is 1. The number of carbonyl (C=O) groups is 1. The Labute approximate surface area is 163 Å². The zero-order valence-corrected chi connectivity index (χ0v) is 16.6. The van der Waals surface area contributed by atoms with E-state index in [2.05, 4.69) is 17.1 Å². The first-order valence-corrected chi connectivity index (χ1v) is 9.97. The summed E-state index contributed by atoms with van der Waals surface area (Å²) in [6.07, 6.45) is 8.59. The lowest BCUT2D eigenvalue weighted by atomic mass is 9.52. The topological polar surface area (TPSA) is 58.4 Å². The number of nitrogens with two attached hydrogens (primary N) is 1. The summed E-state index contributed by atoms with van der Waals surface area (Å²) >= 11 is 0. The molecule has 26 heavy (non-hydrogen) atoms. The molecule has 0 aliphatic heterocycles. The van der Waals surface area contributed by atoms with Gasteiger partial charge in [-0.05, 0) is 87.1 Å². The van der Waals surface area contributed by atoms with Gasteiger partial charge in [-0.2, -0.15) is 0 Å². The van der Waals surface area contributed by atoms with Crippen molar-refractivity contribution in [3.8, 4) is 0 Å². The number of likely N-dealkylation sites (N-methyl/N-ethyl adjacent to an activating group) is 1. The van der Waals surface area contributed by atoms with Crippen LogP contribution >= 0.6 is 12.4 Å². The van der Waals surface area contributed by atoms with E-state index in [0.29, 0.717) is 16.8 Å². The van der Waals surface area contributed by atoms with Crippen LogP contribution in [0.15, 0.2) is 24.3 Å². The first kappa shape index (κ1) is 19.5. The highest BCUT2D eigenvalue weighted by molar-refractivity contribution is 5.94. The molecule has 0 heterocycles. The minimum atomic E-state index is 0. The maximum absolute atomic E-state index is 12.3. The molecule has 0 atom stereocenters. The molecule has 144 valence electrons. The molecule has 1 aromatic rings. The second-order valence-corrected chi connectivity index (χ2v) is 8.60. The van der Waals surface area contributed by atoms with Gasteiger partial charge in [-0.25, -0.2) is 0 Å². The van der Waals surface area contributed by atoms with E-state index in [-0.39, 0.29) is 18.3 Å². The molecule has 0 saturated heterocycles. The second-order valence-electron chi connectivity index (χ2n) is 8.60. The molecule has 0 aromatic heterocycles. The van der Waals surface area contributed by atoms with E-state index in [1.165, 1.54) is 38.5 Å². The van der Waals surface area contributed by atoms with Crippen LogP contribution in [0.5, 0.6) is 0 Å². The molecule has 1 aromatic carbocycles. The van der Waals surface area contributed by atoms with E-state index in [0.717, 1.165) is 37.4 Å². The van der Waals surface area contributed by atoms with Crippen molar-refractivity contribution >= 4 is 24.0 Å². The monoisotopic (exact) mass is 377 g/mol. The number of rotatable bonds is 6. The minimum absolute atomic E-state index is 0. The first-order chi connectivity index (χ1) is 12.1. The van der Waals surface area contributed by atoms with Crippen LogP contribution < -0.4 is 11.1 Å². The van der Waals surface area contributed by atoms with Crippen molar-refractivity contribution in [2.24, 2.45) is 17.8 Å². The quantitative estimate of drug-likeness (QED) is 0.743. The van der Waals surface area contributed by atoms with Crippen LogP contribution in [-0.4, -0.2) is 36.0 Å². The SMILES string of the molecule is CCN(CCNC(=O)c1ccc(N)cc1)C12CC3CC(CC(C3)C1)C2.Cl. The van der Waals surface area contributed by atoms with Gasteiger partial charge in [0.05, 0.1) is 0 Å². The van der Waals surface area contributed by atoms with E-state index in [4.69, 9.17) is 5.73 Å². The average Bonchev–Trinajstić information content (AvgIpc) is 2.57. The Hall–Kier alpha value is -1.26. The van der Waals surface area contributed by atoms with Crippen molar-refractivity contribution in [3.05, 3.63) is 29.8 Å². The normalized spacial score (nSPS) is 31.7. The van der Waals surface area contributed by atoms with Crippen molar-refractivity contribution < 1.29 is 4.79 Å². The molecule has 0 spiro atoms. The summed E-state index contributed by atoms with van der Waals surface area (Å²) in [5.41, 5.74) is 7.49. The van der Waals surface area contributed by atoms with Crippen molar-refractivity contribution in [1.82, 2.24) is 10.2 Å². The Morgan fingerprint density at radius 2 is 1.65 bits per heavy atom. The number of hydrogen-bond donors (Lipinski definition) is 2. The summed E-state index contributed by atoms with van der Waals surface area (Å²) in [4.78, 5) is 15.0.